The molecule has 7 heteroatoms. The van der Waals surface area contributed by atoms with Gasteiger partial charge in [-0.25, -0.2) is 17.2 Å². The molecule has 4 nitrogen and oxygen atoms in total. The molecule has 0 rings (SSSR count). The maximum absolute atomic E-state index is 12.2. The molecule has 0 saturated carbocycles. The highest BCUT2D eigenvalue weighted by Gasteiger charge is 2.29. The van der Waals surface area contributed by atoms with Crippen LogP contribution in [-0.2, 0) is 9.84 Å². The van der Waals surface area contributed by atoms with Crippen molar-refractivity contribution in [2.45, 2.75) is 31.9 Å². The van der Waals surface area contributed by atoms with E-state index in [1.165, 1.54) is 4.90 Å². The van der Waals surface area contributed by atoms with Gasteiger partial charge in [0.2, 0.25) is 0 Å². The first-order valence-electron chi connectivity index (χ1n) is 5.53. The van der Waals surface area contributed by atoms with E-state index in [0.717, 1.165) is 0 Å². The first kappa shape index (κ1) is 16.7. The highest BCUT2D eigenvalue weighted by atomic mass is 32.2. The van der Waals surface area contributed by atoms with Crippen molar-refractivity contribution in [3.8, 4) is 0 Å². The van der Waals surface area contributed by atoms with Crippen LogP contribution in [0.15, 0.2) is 0 Å². The molecule has 0 saturated heterocycles. The second-order valence-corrected chi connectivity index (χ2v) is 7.77. The highest BCUT2D eigenvalue weighted by molar-refractivity contribution is 7.92. The Kier molecular flexibility index (Phi) is 6.50. The van der Waals surface area contributed by atoms with Crippen molar-refractivity contribution < 1.29 is 17.2 Å². The predicted molar refractivity (Wildman–Crippen MR) is 65.0 cm³/mol. The van der Waals surface area contributed by atoms with E-state index in [2.05, 4.69) is 0 Å². The summed E-state index contributed by atoms with van der Waals surface area (Å²) < 4.78 is 47.2. The second kappa shape index (κ2) is 6.61. The van der Waals surface area contributed by atoms with Crippen LogP contribution < -0.4 is 5.73 Å². The third-order valence-electron chi connectivity index (χ3n) is 2.45. The van der Waals surface area contributed by atoms with Gasteiger partial charge in [-0.15, -0.1) is 0 Å². The van der Waals surface area contributed by atoms with Crippen molar-refractivity contribution in [1.29, 1.82) is 0 Å². The van der Waals surface area contributed by atoms with Crippen molar-refractivity contribution in [3.05, 3.63) is 0 Å². The Morgan fingerprint density at radius 1 is 1.24 bits per heavy atom. The summed E-state index contributed by atoms with van der Waals surface area (Å²) in [6.45, 7) is 4.98. The summed E-state index contributed by atoms with van der Waals surface area (Å²) in [5.41, 5.74) is 5.29. The van der Waals surface area contributed by atoms with Gasteiger partial charge in [-0.1, -0.05) is 0 Å². The van der Waals surface area contributed by atoms with E-state index in [4.69, 9.17) is 5.73 Å². The molecule has 0 aromatic heterocycles. The van der Waals surface area contributed by atoms with E-state index in [-0.39, 0.29) is 25.4 Å². The number of sulfone groups is 1. The first-order chi connectivity index (χ1) is 7.60. The third kappa shape index (κ3) is 6.28. The molecular formula is C10H22F2N2O2S. The number of alkyl halides is 2. The predicted octanol–water partition coefficient (Wildman–Crippen LogP) is 0.726. The summed E-state index contributed by atoms with van der Waals surface area (Å²) in [4.78, 5) is 1.38. The largest absolute Gasteiger partial charge is 0.329 e. The van der Waals surface area contributed by atoms with Crippen LogP contribution in [0.2, 0.25) is 0 Å². The van der Waals surface area contributed by atoms with Gasteiger partial charge in [-0.05, 0) is 20.8 Å². The highest BCUT2D eigenvalue weighted by Crippen LogP contribution is 2.16. The van der Waals surface area contributed by atoms with E-state index in [0.29, 0.717) is 0 Å². The summed E-state index contributed by atoms with van der Waals surface area (Å²) in [5.74, 6) is -0.122. The van der Waals surface area contributed by atoms with Crippen molar-refractivity contribution >= 4 is 9.84 Å². The molecule has 0 aliphatic rings. The van der Waals surface area contributed by atoms with Gasteiger partial charge in [0, 0.05) is 19.6 Å². The molecule has 2 N–H and O–H groups in total. The van der Waals surface area contributed by atoms with E-state index >= 15 is 0 Å². The zero-order valence-corrected chi connectivity index (χ0v) is 11.4. The Labute approximate surface area is 102 Å². The smallest absolute Gasteiger partial charge is 0.251 e. The summed E-state index contributed by atoms with van der Waals surface area (Å²) in [6.07, 6.45) is -2.47. The minimum absolute atomic E-state index is 0.0984. The van der Waals surface area contributed by atoms with Crippen molar-refractivity contribution in [2.75, 3.05) is 31.9 Å². The van der Waals surface area contributed by atoms with Crippen LogP contribution in [0.5, 0.6) is 0 Å². The number of nitrogens with zero attached hydrogens (tertiary/aromatic N) is 1. The summed E-state index contributed by atoms with van der Waals surface area (Å²) in [5, 5.41) is 0. The molecule has 0 aliphatic carbocycles. The van der Waals surface area contributed by atoms with Gasteiger partial charge in [-0.2, -0.15) is 0 Å². The molecule has 0 aliphatic heterocycles. The number of rotatable bonds is 7. The fourth-order valence-electron chi connectivity index (χ4n) is 1.23. The lowest BCUT2D eigenvalue weighted by atomic mass is 10.3. The van der Waals surface area contributed by atoms with Gasteiger partial charge < -0.3 is 5.73 Å². The lowest BCUT2D eigenvalue weighted by Crippen LogP contribution is -2.40. The van der Waals surface area contributed by atoms with Crippen LogP contribution in [0.25, 0.3) is 0 Å². The zero-order chi connectivity index (χ0) is 13.7. The number of nitrogens with two attached hydrogens (primary N) is 1. The van der Waals surface area contributed by atoms with Gasteiger partial charge in [0.25, 0.3) is 6.43 Å². The molecule has 0 aromatic rings. The fraction of sp³-hybridized carbons (Fsp3) is 1.00. The molecule has 0 spiro atoms. The van der Waals surface area contributed by atoms with Gasteiger partial charge in [0.1, 0.15) is 0 Å². The van der Waals surface area contributed by atoms with Crippen molar-refractivity contribution in [2.24, 2.45) is 5.73 Å². The Balaban J connectivity index is 4.40. The molecule has 17 heavy (non-hydrogen) atoms. The molecule has 104 valence electrons. The van der Waals surface area contributed by atoms with E-state index in [1.807, 2.05) is 0 Å². The van der Waals surface area contributed by atoms with Crippen LogP contribution >= 0.6 is 0 Å². The Morgan fingerprint density at radius 2 is 1.76 bits per heavy atom. The van der Waals surface area contributed by atoms with Gasteiger partial charge in [0.15, 0.2) is 9.84 Å². The van der Waals surface area contributed by atoms with E-state index < -0.39 is 27.6 Å². The SMILES string of the molecule is CC(C)(C)S(=O)(=O)CCN(CCN)CC(F)F. The Hall–Kier alpha value is -0.270. The number of hydrogen-bond donors (Lipinski definition) is 1. The lowest BCUT2D eigenvalue weighted by Gasteiger charge is -2.24. The normalized spacial score (nSPS) is 13.6. The molecule has 0 atom stereocenters. The number of hydrogen-bond acceptors (Lipinski definition) is 4. The Morgan fingerprint density at radius 3 is 2.12 bits per heavy atom. The lowest BCUT2D eigenvalue weighted by molar-refractivity contribution is 0.0925. The van der Waals surface area contributed by atoms with Crippen LogP contribution in [0.1, 0.15) is 20.8 Å². The molecule has 0 unspecified atom stereocenters. The summed E-state index contributed by atoms with van der Waals surface area (Å²) >= 11 is 0. The maximum Gasteiger partial charge on any atom is 0.251 e. The monoisotopic (exact) mass is 272 g/mol. The molecule has 0 fully saturated rings. The van der Waals surface area contributed by atoms with Gasteiger partial charge in [0.05, 0.1) is 17.0 Å². The third-order valence-corrected chi connectivity index (χ3v) is 5.04. The van der Waals surface area contributed by atoms with Gasteiger partial charge >= 0.3 is 0 Å². The molecule has 0 bridgehead atoms. The van der Waals surface area contributed by atoms with Crippen LogP contribution in [-0.4, -0.2) is 56.4 Å². The molecule has 0 aromatic carbocycles. The summed E-state index contributed by atoms with van der Waals surface area (Å²) in [7, 11) is -3.27. The van der Waals surface area contributed by atoms with E-state index in [9.17, 15) is 17.2 Å². The van der Waals surface area contributed by atoms with Crippen LogP contribution in [0.4, 0.5) is 8.78 Å². The molecular weight excluding hydrogens is 250 g/mol. The topological polar surface area (TPSA) is 63.4 Å². The fourth-order valence-corrected chi connectivity index (χ4v) is 2.34. The Bertz CT molecular complexity index is 313. The summed E-state index contributed by atoms with van der Waals surface area (Å²) in [6, 6.07) is 0. The maximum atomic E-state index is 12.2. The minimum Gasteiger partial charge on any atom is -0.329 e. The minimum atomic E-state index is -3.27. The van der Waals surface area contributed by atoms with Crippen LogP contribution in [0, 0.1) is 0 Å². The number of halogens is 2. The molecule has 0 heterocycles. The van der Waals surface area contributed by atoms with Gasteiger partial charge in [-0.3, -0.25) is 4.90 Å². The van der Waals surface area contributed by atoms with Crippen molar-refractivity contribution in [1.82, 2.24) is 4.90 Å². The average Bonchev–Trinajstić information content (AvgIpc) is 2.12. The standard InChI is InChI=1S/C10H22F2N2O2S/c1-10(2,3)17(15,16)7-6-14(5-4-13)8-9(11)12/h9H,4-8,13H2,1-3H3. The first-order valence-corrected chi connectivity index (χ1v) is 7.18. The molecule has 0 radical (unpaired) electrons. The zero-order valence-electron chi connectivity index (χ0n) is 10.6. The van der Waals surface area contributed by atoms with Crippen molar-refractivity contribution in [3.63, 3.8) is 0 Å². The second-order valence-electron chi connectivity index (χ2n) is 4.91. The van der Waals surface area contributed by atoms with Crippen LogP contribution in [0.3, 0.4) is 0 Å². The quantitative estimate of drug-likeness (QED) is 0.742. The molecule has 0 amide bonds. The average molecular weight is 272 g/mol. The van der Waals surface area contributed by atoms with E-state index in [1.54, 1.807) is 20.8 Å².